The van der Waals surface area contributed by atoms with E-state index in [0.29, 0.717) is 11.5 Å². The van der Waals surface area contributed by atoms with Crippen molar-refractivity contribution < 1.29 is 9.90 Å². The molecule has 3 nitrogen and oxygen atoms in total. The molecule has 4 heteroatoms. The summed E-state index contributed by atoms with van der Waals surface area (Å²) in [4.78, 5) is 13.3. The lowest BCUT2D eigenvalue weighted by Crippen LogP contribution is -2.20. The Balaban J connectivity index is 2.38. The second-order valence-electron chi connectivity index (χ2n) is 5.18. The standard InChI is InChI=1S/C15H18BrNO2/c1-10-5-6-17(9-10)14-4-3-13(16)8-12(14)7-11(2)15(18)19/h3-4,7-8,10H,5-6,9H2,1-2H3,(H,18,19)/b11-7+. The van der Waals surface area contributed by atoms with Gasteiger partial charge in [0.1, 0.15) is 0 Å². The summed E-state index contributed by atoms with van der Waals surface area (Å²) >= 11 is 3.45. The first kappa shape index (κ1) is 14.1. The van der Waals surface area contributed by atoms with E-state index in [2.05, 4.69) is 33.8 Å². The van der Waals surface area contributed by atoms with Gasteiger partial charge in [-0.05, 0) is 49.1 Å². The van der Waals surface area contributed by atoms with Crippen LogP contribution in [0.2, 0.25) is 0 Å². The first-order valence-corrected chi connectivity index (χ1v) is 7.23. The van der Waals surface area contributed by atoms with Crippen molar-refractivity contribution in [3.8, 4) is 0 Å². The molecule has 1 aromatic rings. The third kappa shape index (κ3) is 3.38. The lowest BCUT2D eigenvalue weighted by Gasteiger charge is -2.21. The van der Waals surface area contributed by atoms with Gasteiger partial charge in [-0.3, -0.25) is 0 Å². The van der Waals surface area contributed by atoms with E-state index < -0.39 is 5.97 Å². The minimum absolute atomic E-state index is 0.353. The largest absolute Gasteiger partial charge is 0.478 e. The first-order chi connectivity index (χ1) is 8.97. The van der Waals surface area contributed by atoms with Crippen molar-refractivity contribution in [2.45, 2.75) is 20.3 Å². The number of carboxylic acid groups (broad SMARTS) is 1. The Bertz CT molecular complexity index is 525. The van der Waals surface area contributed by atoms with Crippen LogP contribution in [0.15, 0.2) is 28.2 Å². The Kier molecular flexibility index (Phi) is 4.30. The molecule has 1 aliphatic heterocycles. The number of rotatable bonds is 3. The van der Waals surface area contributed by atoms with Crippen LogP contribution in [0.3, 0.4) is 0 Å². The molecule has 1 fully saturated rings. The molecule has 0 bridgehead atoms. The van der Waals surface area contributed by atoms with Gasteiger partial charge in [0.15, 0.2) is 0 Å². The molecule has 2 rings (SSSR count). The summed E-state index contributed by atoms with van der Waals surface area (Å²) in [5.74, 6) is -0.179. The summed E-state index contributed by atoms with van der Waals surface area (Å²) in [6.45, 7) is 5.95. The molecule has 0 spiro atoms. The molecule has 0 saturated carbocycles. The maximum Gasteiger partial charge on any atom is 0.331 e. The van der Waals surface area contributed by atoms with Crippen molar-refractivity contribution in [2.75, 3.05) is 18.0 Å². The molecule has 19 heavy (non-hydrogen) atoms. The van der Waals surface area contributed by atoms with Crippen LogP contribution >= 0.6 is 15.9 Å². The van der Waals surface area contributed by atoms with Gasteiger partial charge in [0, 0.05) is 28.8 Å². The van der Waals surface area contributed by atoms with E-state index in [0.717, 1.165) is 28.8 Å². The maximum atomic E-state index is 11.0. The van der Waals surface area contributed by atoms with Crippen molar-refractivity contribution in [1.82, 2.24) is 0 Å². The summed E-state index contributed by atoms with van der Waals surface area (Å²) in [6.07, 6.45) is 2.93. The van der Waals surface area contributed by atoms with Crippen LogP contribution in [0.5, 0.6) is 0 Å². The van der Waals surface area contributed by atoms with Crippen LogP contribution in [0.4, 0.5) is 5.69 Å². The quantitative estimate of drug-likeness (QED) is 0.860. The highest BCUT2D eigenvalue weighted by Crippen LogP contribution is 2.30. The summed E-state index contributed by atoms with van der Waals surface area (Å²) in [5, 5.41) is 9.02. The fraction of sp³-hybridized carbons (Fsp3) is 0.400. The highest BCUT2D eigenvalue weighted by atomic mass is 79.9. The second-order valence-corrected chi connectivity index (χ2v) is 6.09. The fourth-order valence-electron chi connectivity index (χ4n) is 2.38. The van der Waals surface area contributed by atoms with Gasteiger partial charge < -0.3 is 10.0 Å². The molecule has 0 radical (unpaired) electrons. The zero-order chi connectivity index (χ0) is 14.0. The highest BCUT2D eigenvalue weighted by molar-refractivity contribution is 9.10. The Hall–Kier alpha value is -1.29. The number of hydrogen-bond acceptors (Lipinski definition) is 2. The van der Waals surface area contributed by atoms with E-state index in [9.17, 15) is 4.79 Å². The zero-order valence-corrected chi connectivity index (χ0v) is 12.8. The summed E-state index contributed by atoms with van der Waals surface area (Å²) in [5.41, 5.74) is 2.43. The molecule has 1 aliphatic rings. The number of nitrogens with zero attached hydrogens (tertiary/aromatic N) is 1. The first-order valence-electron chi connectivity index (χ1n) is 6.43. The lowest BCUT2D eigenvalue weighted by atomic mass is 10.1. The molecule has 1 atom stereocenters. The number of carbonyl (C=O) groups is 1. The molecule has 0 amide bonds. The Morgan fingerprint density at radius 2 is 2.26 bits per heavy atom. The molecule has 0 aromatic heterocycles. The third-order valence-electron chi connectivity index (χ3n) is 3.46. The van der Waals surface area contributed by atoms with Crippen molar-refractivity contribution in [3.05, 3.63) is 33.8 Å². The summed E-state index contributed by atoms with van der Waals surface area (Å²) in [7, 11) is 0. The smallest absolute Gasteiger partial charge is 0.331 e. The molecular weight excluding hydrogens is 306 g/mol. The zero-order valence-electron chi connectivity index (χ0n) is 11.2. The summed E-state index contributed by atoms with van der Waals surface area (Å²) < 4.78 is 0.966. The molecular formula is C15H18BrNO2. The monoisotopic (exact) mass is 323 g/mol. The molecule has 1 heterocycles. The van der Waals surface area contributed by atoms with E-state index in [-0.39, 0.29) is 0 Å². The minimum Gasteiger partial charge on any atom is -0.478 e. The molecule has 1 saturated heterocycles. The van der Waals surface area contributed by atoms with Gasteiger partial charge in [-0.15, -0.1) is 0 Å². The number of halogens is 1. The van der Waals surface area contributed by atoms with Gasteiger partial charge in [0.25, 0.3) is 0 Å². The second kappa shape index (κ2) is 5.78. The topological polar surface area (TPSA) is 40.5 Å². The molecule has 1 aromatic carbocycles. The normalized spacial score (nSPS) is 19.8. The van der Waals surface area contributed by atoms with Gasteiger partial charge >= 0.3 is 5.97 Å². The van der Waals surface area contributed by atoms with Crippen molar-refractivity contribution in [2.24, 2.45) is 5.92 Å². The predicted molar refractivity (Wildman–Crippen MR) is 81.4 cm³/mol. The average Bonchev–Trinajstić information content (AvgIpc) is 2.75. The number of anilines is 1. The van der Waals surface area contributed by atoms with Gasteiger partial charge in [-0.1, -0.05) is 22.9 Å². The number of carboxylic acids is 1. The van der Waals surface area contributed by atoms with Crippen LogP contribution in [-0.4, -0.2) is 24.2 Å². The predicted octanol–water partition coefficient (Wildman–Crippen LogP) is 3.78. The van der Waals surface area contributed by atoms with Crippen LogP contribution in [0, 0.1) is 5.92 Å². The van der Waals surface area contributed by atoms with E-state index in [1.807, 2.05) is 12.1 Å². The molecule has 102 valence electrons. The third-order valence-corrected chi connectivity index (χ3v) is 3.96. The average molecular weight is 324 g/mol. The van der Waals surface area contributed by atoms with Crippen LogP contribution < -0.4 is 4.90 Å². The van der Waals surface area contributed by atoms with Gasteiger partial charge in [-0.2, -0.15) is 0 Å². The number of hydrogen-bond donors (Lipinski definition) is 1. The maximum absolute atomic E-state index is 11.0. The van der Waals surface area contributed by atoms with Gasteiger partial charge in [-0.25, -0.2) is 4.79 Å². The van der Waals surface area contributed by atoms with Crippen molar-refractivity contribution in [1.29, 1.82) is 0 Å². The van der Waals surface area contributed by atoms with Gasteiger partial charge in [0.2, 0.25) is 0 Å². The van der Waals surface area contributed by atoms with Crippen LogP contribution in [-0.2, 0) is 4.79 Å². The van der Waals surface area contributed by atoms with Crippen molar-refractivity contribution in [3.63, 3.8) is 0 Å². The van der Waals surface area contributed by atoms with E-state index in [1.165, 1.54) is 6.42 Å². The minimum atomic E-state index is -0.874. The van der Waals surface area contributed by atoms with Crippen LogP contribution in [0.25, 0.3) is 6.08 Å². The SMILES string of the molecule is C/C(=C\c1cc(Br)ccc1N1CCC(C)C1)C(=O)O. The van der Waals surface area contributed by atoms with Gasteiger partial charge in [0.05, 0.1) is 0 Å². The van der Waals surface area contributed by atoms with Crippen molar-refractivity contribution >= 4 is 33.7 Å². The highest BCUT2D eigenvalue weighted by Gasteiger charge is 2.20. The Labute approximate surface area is 122 Å². The fourth-order valence-corrected chi connectivity index (χ4v) is 2.76. The lowest BCUT2D eigenvalue weighted by molar-refractivity contribution is -0.132. The Morgan fingerprint density at radius 3 is 2.84 bits per heavy atom. The molecule has 1 N–H and O–H groups in total. The van der Waals surface area contributed by atoms with E-state index >= 15 is 0 Å². The number of benzene rings is 1. The Morgan fingerprint density at radius 1 is 1.53 bits per heavy atom. The van der Waals surface area contributed by atoms with E-state index in [4.69, 9.17) is 5.11 Å². The molecule has 0 aliphatic carbocycles. The number of aliphatic carboxylic acids is 1. The van der Waals surface area contributed by atoms with E-state index in [1.54, 1.807) is 13.0 Å². The summed E-state index contributed by atoms with van der Waals surface area (Å²) in [6, 6.07) is 6.04. The molecule has 1 unspecified atom stereocenters. The van der Waals surface area contributed by atoms with Crippen LogP contribution in [0.1, 0.15) is 25.8 Å².